The van der Waals surface area contributed by atoms with Crippen molar-refractivity contribution in [3.05, 3.63) is 0 Å². The van der Waals surface area contributed by atoms with Crippen LogP contribution >= 0.6 is 0 Å². The summed E-state index contributed by atoms with van der Waals surface area (Å²) in [6.45, 7) is 5.52. The van der Waals surface area contributed by atoms with Gasteiger partial charge < -0.3 is 16.4 Å². The van der Waals surface area contributed by atoms with E-state index in [0.717, 1.165) is 32.0 Å². The van der Waals surface area contributed by atoms with E-state index in [4.69, 9.17) is 5.73 Å². The highest BCUT2D eigenvalue weighted by Crippen LogP contribution is 2.17. The van der Waals surface area contributed by atoms with Gasteiger partial charge in [0.25, 0.3) is 0 Å². The van der Waals surface area contributed by atoms with Crippen LogP contribution in [0.2, 0.25) is 0 Å². The maximum absolute atomic E-state index is 5.52. The number of hydrogen-bond donors (Lipinski definition) is 3. The summed E-state index contributed by atoms with van der Waals surface area (Å²) < 4.78 is 0. The van der Waals surface area contributed by atoms with Gasteiger partial charge in [0.05, 0.1) is 0 Å². The Labute approximate surface area is 139 Å². The van der Waals surface area contributed by atoms with E-state index in [2.05, 4.69) is 10.6 Å². The largest absolute Gasteiger partial charge is 0.330 e. The smallest absolute Gasteiger partial charge is 0.00205 e. The highest BCUT2D eigenvalue weighted by Gasteiger charge is 2.08. The van der Waals surface area contributed by atoms with Crippen LogP contribution in [0.4, 0.5) is 0 Å². The fraction of sp³-hybridized carbons (Fsp3) is 1.00. The summed E-state index contributed by atoms with van der Waals surface area (Å²) in [6, 6.07) is 0. The fourth-order valence-electron chi connectivity index (χ4n) is 3.44. The van der Waals surface area contributed by atoms with E-state index in [0.29, 0.717) is 0 Å². The van der Waals surface area contributed by atoms with Crippen molar-refractivity contribution in [2.75, 3.05) is 32.7 Å². The van der Waals surface area contributed by atoms with Gasteiger partial charge in [-0.25, -0.2) is 0 Å². The first kappa shape index (κ1) is 19.9. The van der Waals surface area contributed by atoms with E-state index in [1.165, 1.54) is 90.1 Å². The monoisotopic (exact) mass is 311 g/mol. The van der Waals surface area contributed by atoms with Crippen molar-refractivity contribution in [2.24, 2.45) is 11.7 Å². The van der Waals surface area contributed by atoms with Gasteiger partial charge in [0, 0.05) is 0 Å². The topological polar surface area (TPSA) is 50.1 Å². The molecule has 3 nitrogen and oxygen atoms in total. The summed E-state index contributed by atoms with van der Waals surface area (Å²) >= 11 is 0. The Kier molecular flexibility index (Phi) is 14.3. The van der Waals surface area contributed by atoms with Gasteiger partial charge in [-0.3, -0.25) is 0 Å². The molecule has 132 valence electrons. The minimum absolute atomic E-state index is 0.805. The molecule has 1 heterocycles. The predicted octanol–water partition coefficient (Wildman–Crippen LogP) is 3.83. The van der Waals surface area contributed by atoms with Gasteiger partial charge >= 0.3 is 0 Å². The minimum atomic E-state index is 0.805. The van der Waals surface area contributed by atoms with Crippen molar-refractivity contribution in [1.82, 2.24) is 10.6 Å². The van der Waals surface area contributed by atoms with Gasteiger partial charge in [0.2, 0.25) is 0 Å². The molecule has 1 aliphatic rings. The quantitative estimate of drug-likeness (QED) is 0.626. The molecule has 0 aromatic rings. The van der Waals surface area contributed by atoms with Crippen LogP contribution in [0.25, 0.3) is 0 Å². The number of rotatable bonds is 7. The third-order valence-corrected chi connectivity index (χ3v) is 4.92. The van der Waals surface area contributed by atoms with Crippen LogP contribution in [-0.2, 0) is 0 Å². The first-order valence-corrected chi connectivity index (χ1v) is 10.0. The molecule has 1 fully saturated rings. The molecule has 0 aromatic carbocycles. The molecule has 1 atom stereocenters. The lowest BCUT2D eigenvalue weighted by Gasteiger charge is -2.18. The van der Waals surface area contributed by atoms with Crippen molar-refractivity contribution in [1.29, 1.82) is 0 Å². The van der Waals surface area contributed by atoms with E-state index in [1.807, 2.05) is 0 Å². The van der Waals surface area contributed by atoms with Gasteiger partial charge in [-0.1, -0.05) is 51.4 Å². The van der Waals surface area contributed by atoms with Crippen molar-refractivity contribution in [2.45, 2.75) is 83.5 Å². The molecule has 0 aromatic heterocycles. The standard InChI is InChI=1S/C19H41N3/c20-14-11-17-21-16-10-13-19-12-8-6-4-2-1-3-5-7-9-15-22-18-19/h19,21-22H,1-18,20H2. The maximum Gasteiger partial charge on any atom is -0.00205 e. The second-order valence-corrected chi connectivity index (χ2v) is 7.08. The molecule has 0 radical (unpaired) electrons. The molecule has 1 rings (SSSR count). The Morgan fingerprint density at radius 3 is 2.18 bits per heavy atom. The molecule has 0 amide bonds. The van der Waals surface area contributed by atoms with E-state index < -0.39 is 0 Å². The van der Waals surface area contributed by atoms with Crippen LogP contribution < -0.4 is 16.4 Å². The average Bonchev–Trinajstić information content (AvgIpc) is 2.54. The molecule has 4 N–H and O–H groups in total. The number of hydrogen-bond acceptors (Lipinski definition) is 3. The zero-order valence-electron chi connectivity index (χ0n) is 14.9. The van der Waals surface area contributed by atoms with Crippen LogP contribution in [-0.4, -0.2) is 32.7 Å². The third-order valence-electron chi connectivity index (χ3n) is 4.92. The van der Waals surface area contributed by atoms with Crippen LogP contribution in [0.5, 0.6) is 0 Å². The number of nitrogens with one attached hydrogen (secondary N) is 2. The fourth-order valence-corrected chi connectivity index (χ4v) is 3.44. The van der Waals surface area contributed by atoms with Crippen molar-refractivity contribution < 1.29 is 0 Å². The van der Waals surface area contributed by atoms with E-state index in [1.54, 1.807) is 0 Å². The molecular weight excluding hydrogens is 270 g/mol. The average molecular weight is 312 g/mol. The summed E-state index contributed by atoms with van der Waals surface area (Å²) in [5, 5.41) is 7.22. The highest BCUT2D eigenvalue weighted by atomic mass is 14.9. The normalized spacial score (nSPS) is 23.0. The van der Waals surface area contributed by atoms with E-state index >= 15 is 0 Å². The first-order chi connectivity index (χ1) is 10.9. The van der Waals surface area contributed by atoms with Crippen molar-refractivity contribution in [3.63, 3.8) is 0 Å². The molecule has 3 heteroatoms. The van der Waals surface area contributed by atoms with Crippen molar-refractivity contribution >= 4 is 0 Å². The molecule has 1 saturated heterocycles. The lowest BCUT2D eigenvalue weighted by Crippen LogP contribution is -2.25. The van der Waals surface area contributed by atoms with Crippen LogP contribution in [0.15, 0.2) is 0 Å². The second kappa shape index (κ2) is 15.8. The van der Waals surface area contributed by atoms with Crippen LogP contribution in [0.3, 0.4) is 0 Å². The lowest BCUT2D eigenvalue weighted by atomic mass is 9.95. The van der Waals surface area contributed by atoms with Crippen LogP contribution in [0.1, 0.15) is 83.5 Å². The number of nitrogens with two attached hydrogens (primary N) is 1. The Hall–Kier alpha value is -0.120. The Morgan fingerprint density at radius 2 is 1.45 bits per heavy atom. The summed E-state index contributed by atoms with van der Waals surface area (Å²) in [7, 11) is 0. The molecule has 22 heavy (non-hydrogen) atoms. The molecule has 1 aliphatic heterocycles. The molecular formula is C19H41N3. The van der Waals surface area contributed by atoms with Gasteiger partial charge in [0.15, 0.2) is 0 Å². The molecule has 1 unspecified atom stereocenters. The summed E-state index contributed by atoms with van der Waals surface area (Å²) in [5.74, 6) is 0.888. The summed E-state index contributed by atoms with van der Waals surface area (Å²) in [4.78, 5) is 0. The predicted molar refractivity (Wildman–Crippen MR) is 98.3 cm³/mol. The minimum Gasteiger partial charge on any atom is -0.330 e. The van der Waals surface area contributed by atoms with Gasteiger partial charge in [-0.2, -0.15) is 0 Å². The van der Waals surface area contributed by atoms with Crippen LogP contribution in [0, 0.1) is 5.92 Å². The van der Waals surface area contributed by atoms with E-state index in [9.17, 15) is 0 Å². The van der Waals surface area contributed by atoms with E-state index in [-0.39, 0.29) is 0 Å². The lowest BCUT2D eigenvalue weighted by molar-refractivity contribution is 0.380. The van der Waals surface area contributed by atoms with Gasteiger partial charge in [-0.05, 0) is 70.7 Å². The van der Waals surface area contributed by atoms with Gasteiger partial charge in [-0.15, -0.1) is 0 Å². The Morgan fingerprint density at radius 1 is 0.818 bits per heavy atom. The Bertz CT molecular complexity index is 207. The molecule has 0 spiro atoms. The zero-order valence-corrected chi connectivity index (χ0v) is 14.9. The molecule has 0 aliphatic carbocycles. The Balaban J connectivity index is 2.13. The summed E-state index contributed by atoms with van der Waals surface area (Å²) in [5.41, 5.74) is 5.52. The maximum atomic E-state index is 5.52. The molecule has 0 saturated carbocycles. The SMILES string of the molecule is NCCCNCCCC1CCCCCCCCCCCNC1. The third kappa shape index (κ3) is 12.4. The molecule has 0 bridgehead atoms. The highest BCUT2D eigenvalue weighted by molar-refractivity contribution is 4.65. The zero-order chi connectivity index (χ0) is 15.7. The van der Waals surface area contributed by atoms with Crippen molar-refractivity contribution in [3.8, 4) is 0 Å². The first-order valence-electron chi connectivity index (χ1n) is 10.0. The summed E-state index contributed by atoms with van der Waals surface area (Å²) in [6.07, 6.45) is 18.2. The second-order valence-electron chi connectivity index (χ2n) is 7.08. The van der Waals surface area contributed by atoms with Gasteiger partial charge in [0.1, 0.15) is 0 Å².